The van der Waals surface area contributed by atoms with Crippen LogP contribution in [0.3, 0.4) is 0 Å². The summed E-state index contributed by atoms with van der Waals surface area (Å²) in [6.45, 7) is 2.42. The van der Waals surface area contributed by atoms with Crippen LogP contribution in [0.1, 0.15) is 43.0 Å². The Hall–Kier alpha value is -2.11. The van der Waals surface area contributed by atoms with Gasteiger partial charge in [0.2, 0.25) is 0 Å². The number of amides is 1. The number of carbonyl (C=O) groups excluding carboxylic acids is 1. The molecule has 4 N–H and O–H groups in total. The molecule has 0 saturated carbocycles. The molecule has 1 amide bonds. The van der Waals surface area contributed by atoms with E-state index in [0.717, 1.165) is 12.5 Å². The second kappa shape index (κ2) is 8.24. The van der Waals surface area contributed by atoms with Crippen molar-refractivity contribution < 1.29 is 19.1 Å². The van der Waals surface area contributed by atoms with Crippen LogP contribution in [0.25, 0.3) is 0 Å². The lowest BCUT2D eigenvalue weighted by atomic mass is 9.96. The molecule has 0 fully saturated rings. The molecular formula is C15H21FN2O3. The molecule has 0 aliphatic carbocycles. The Morgan fingerprint density at radius 3 is 2.67 bits per heavy atom. The number of hydrogen-bond donors (Lipinski definition) is 3. The topological polar surface area (TPSA) is 92.4 Å². The number of carboxylic acids is 1. The molecule has 0 radical (unpaired) electrons. The number of hydrogen-bond acceptors (Lipinski definition) is 3. The summed E-state index contributed by atoms with van der Waals surface area (Å²) in [6.07, 6.45) is 2.29. The van der Waals surface area contributed by atoms with Crippen LogP contribution in [0, 0.1) is 11.7 Å². The van der Waals surface area contributed by atoms with E-state index in [1.54, 1.807) is 0 Å². The van der Waals surface area contributed by atoms with Crippen molar-refractivity contribution in [1.82, 2.24) is 5.32 Å². The van der Waals surface area contributed by atoms with Crippen LogP contribution in [0.2, 0.25) is 0 Å². The van der Waals surface area contributed by atoms with Gasteiger partial charge in [0, 0.05) is 18.5 Å². The van der Waals surface area contributed by atoms with Crippen molar-refractivity contribution in [1.29, 1.82) is 0 Å². The first kappa shape index (κ1) is 16.9. The first-order valence-electron chi connectivity index (χ1n) is 6.99. The van der Waals surface area contributed by atoms with Gasteiger partial charge in [-0.3, -0.25) is 9.59 Å². The van der Waals surface area contributed by atoms with Crippen LogP contribution < -0.4 is 11.1 Å². The molecule has 0 bridgehead atoms. The third-order valence-electron chi connectivity index (χ3n) is 3.44. The molecule has 1 aromatic carbocycles. The predicted octanol–water partition coefficient (Wildman–Crippen LogP) is 2.42. The van der Waals surface area contributed by atoms with Crippen molar-refractivity contribution in [2.24, 2.45) is 5.92 Å². The Kier molecular flexibility index (Phi) is 6.65. The van der Waals surface area contributed by atoms with Gasteiger partial charge in [-0.25, -0.2) is 4.39 Å². The summed E-state index contributed by atoms with van der Waals surface area (Å²) in [5.41, 5.74) is 5.58. The van der Waals surface area contributed by atoms with Crippen LogP contribution in [0.15, 0.2) is 18.2 Å². The van der Waals surface area contributed by atoms with Crippen LogP contribution in [-0.2, 0) is 4.79 Å². The molecule has 0 aromatic heterocycles. The van der Waals surface area contributed by atoms with Crippen LogP contribution in [0.5, 0.6) is 0 Å². The molecule has 6 heteroatoms. The zero-order valence-corrected chi connectivity index (χ0v) is 12.1. The normalized spacial score (nSPS) is 11.9. The molecule has 0 aliphatic rings. The Balaban J connectivity index is 2.41. The molecule has 0 saturated heterocycles. The number of anilines is 1. The molecular weight excluding hydrogens is 275 g/mol. The van der Waals surface area contributed by atoms with Gasteiger partial charge >= 0.3 is 5.97 Å². The van der Waals surface area contributed by atoms with Crippen molar-refractivity contribution >= 4 is 17.6 Å². The molecule has 0 heterocycles. The monoisotopic (exact) mass is 296 g/mol. The highest BCUT2D eigenvalue weighted by Gasteiger charge is 2.11. The lowest BCUT2D eigenvalue weighted by Crippen LogP contribution is -2.26. The average molecular weight is 296 g/mol. The van der Waals surface area contributed by atoms with Crippen molar-refractivity contribution in [3.63, 3.8) is 0 Å². The molecule has 1 unspecified atom stereocenters. The summed E-state index contributed by atoms with van der Waals surface area (Å²) in [7, 11) is 0. The van der Waals surface area contributed by atoms with Gasteiger partial charge in [-0.15, -0.1) is 0 Å². The Morgan fingerprint density at radius 2 is 2.10 bits per heavy atom. The highest BCUT2D eigenvalue weighted by atomic mass is 19.1. The fourth-order valence-corrected chi connectivity index (χ4v) is 2.04. The fourth-order valence-electron chi connectivity index (χ4n) is 2.04. The fraction of sp³-hybridized carbons (Fsp3) is 0.467. The van der Waals surface area contributed by atoms with Crippen LogP contribution in [0.4, 0.5) is 10.1 Å². The lowest BCUT2D eigenvalue weighted by Gasteiger charge is -2.14. The summed E-state index contributed by atoms with van der Waals surface area (Å²) in [5, 5.41) is 11.4. The van der Waals surface area contributed by atoms with Crippen LogP contribution >= 0.6 is 0 Å². The van der Waals surface area contributed by atoms with Crippen molar-refractivity contribution in [3.05, 3.63) is 29.6 Å². The minimum atomic E-state index is -0.810. The van der Waals surface area contributed by atoms with Crippen molar-refractivity contribution in [2.45, 2.75) is 32.6 Å². The van der Waals surface area contributed by atoms with Crippen molar-refractivity contribution in [2.75, 3.05) is 12.3 Å². The van der Waals surface area contributed by atoms with E-state index < -0.39 is 11.8 Å². The molecule has 0 spiro atoms. The number of rotatable bonds is 8. The maximum atomic E-state index is 13.3. The van der Waals surface area contributed by atoms with E-state index in [1.807, 2.05) is 6.92 Å². The number of carbonyl (C=O) groups is 2. The predicted molar refractivity (Wildman–Crippen MR) is 78.4 cm³/mol. The minimum absolute atomic E-state index is 0.00580. The molecule has 21 heavy (non-hydrogen) atoms. The van der Waals surface area contributed by atoms with Gasteiger partial charge in [-0.05, 0) is 37.0 Å². The van der Waals surface area contributed by atoms with E-state index >= 15 is 0 Å². The summed E-state index contributed by atoms with van der Waals surface area (Å²) >= 11 is 0. The van der Waals surface area contributed by atoms with Gasteiger partial charge in [-0.2, -0.15) is 0 Å². The molecule has 0 aliphatic heterocycles. The Bertz CT molecular complexity index is 506. The third kappa shape index (κ3) is 5.81. The SMILES string of the molecule is CCC(CCNC(=O)c1ccc(N)c(F)c1)CCC(=O)O. The summed E-state index contributed by atoms with van der Waals surface area (Å²) in [6, 6.07) is 3.92. The van der Waals surface area contributed by atoms with E-state index in [9.17, 15) is 14.0 Å². The first-order chi connectivity index (χ1) is 9.93. The van der Waals surface area contributed by atoms with Gasteiger partial charge in [-0.1, -0.05) is 13.3 Å². The smallest absolute Gasteiger partial charge is 0.303 e. The number of nitrogen functional groups attached to an aromatic ring is 1. The highest BCUT2D eigenvalue weighted by molar-refractivity contribution is 5.94. The van der Waals surface area contributed by atoms with Crippen molar-refractivity contribution in [3.8, 4) is 0 Å². The molecule has 1 atom stereocenters. The molecule has 1 rings (SSSR count). The van der Waals surface area contributed by atoms with Gasteiger partial charge in [0.15, 0.2) is 0 Å². The number of benzene rings is 1. The van der Waals surface area contributed by atoms with E-state index in [2.05, 4.69) is 5.32 Å². The van der Waals surface area contributed by atoms with E-state index in [0.29, 0.717) is 19.4 Å². The Morgan fingerprint density at radius 1 is 1.38 bits per heavy atom. The van der Waals surface area contributed by atoms with E-state index in [4.69, 9.17) is 10.8 Å². The van der Waals surface area contributed by atoms with Crippen LogP contribution in [-0.4, -0.2) is 23.5 Å². The number of halogens is 1. The Labute approximate surface area is 123 Å². The molecule has 5 nitrogen and oxygen atoms in total. The second-order valence-electron chi connectivity index (χ2n) is 4.99. The number of aliphatic carboxylic acids is 1. The zero-order chi connectivity index (χ0) is 15.8. The molecule has 1 aromatic rings. The standard InChI is InChI=1S/C15H21FN2O3/c1-2-10(3-6-14(19)20)7-8-18-15(21)11-4-5-13(17)12(16)9-11/h4-5,9-10H,2-3,6-8,17H2,1H3,(H,18,21)(H,19,20). The summed E-state index contributed by atoms with van der Waals surface area (Å²) in [4.78, 5) is 22.4. The summed E-state index contributed by atoms with van der Waals surface area (Å²) in [5.74, 6) is -1.53. The largest absolute Gasteiger partial charge is 0.481 e. The number of nitrogens with two attached hydrogens (primary N) is 1. The van der Waals surface area contributed by atoms with Gasteiger partial charge in [0.25, 0.3) is 5.91 Å². The van der Waals surface area contributed by atoms with E-state index in [1.165, 1.54) is 12.1 Å². The zero-order valence-electron chi connectivity index (χ0n) is 12.1. The summed E-state index contributed by atoms with van der Waals surface area (Å²) < 4.78 is 13.3. The van der Waals surface area contributed by atoms with E-state index in [-0.39, 0.29) is 29.5 Å². The first-order valence-corrected chi connectivity index (χ1v) is 6.99. The molecule has 116 valence electrons. The lowest BCUT2D eigenvalue weighted by molar-refractivity contribution is -0.137. The third-order valence-corrected chi connectivity index (χ3v) is 3.44. The van der Waals surface area contributed by atoms with Gasteiger partial charge in [0.1, 0.15) is 5.82 Å². The number of nitrogens with one attached hydrogen (secondary N) is 1. The average Bonchev–Trinajstić information content (AvgIpc) is 2.45. The second-order valence-corrected chi connectivity index (χ2v) is 4.99. The highest BCUT2D eigenvalue weighted by Crippen LogP contribution is 2.15. The van der Waals surface area contributed by atoms with Gasteiger partial charge < -0.3 is 16.2 Å². The maximum Gasteiger partial charge on any atom is 0.303 e. The number of carboxylic acid groups (broad SMARTS) is 1. The maximum absolute atomic E-state index is 13.3. The quantitative estimate of drug-likeness (QED) is 0.642. The minimum Gasteiger partial charge on any atom is -0.481 e. The van der Waals surface area contributed by atoms with Gasteiger partial charge in [0.05, 0.1) is 5.69 Å².